The van der Waals surface area contributed by atoms with Crippen LogP contribution in [0.5, 0.6) is 0 Å². The maximum Gasteiger partial charge on any atom is 0.412 e. The Bertz CT molecular complexity index is 645. The van der Waals surface area contributed by atoms with Gasteiger partial charge in [0, 0.05) is 37.9 Å². The average molecular weight is 377 g/mol. The number of amides is 1. The number of nitrogens with two attached hydrogens (primary N) is 1. The topological polar surface area (TPSA) is 80.1 Å². The van der Waals surface area contributed by atoms with Gasteiger partial charge in [-0.05, 0) is 51.8 Å². The van der Waals surface area contributed by atoms with Gasteiger partial charge in [-0.25, -0.2) is 4.79 Å². The van der Waals surface area contributed by atoms with Crippen molar-refractivity contribution >= 4 is 23.2 Å². The van der Waals surface area contributed by atoms with Gasteiger partial charge in [0.05, 0.1) is 24.6 Å². The van der Waals surface area contributed by atoms with E-state index in [4.69, 9.17) is 15.2 Å². The molecule has 2 heterocycles. The molecule has 0 radical (unpaired) electrons. The SMILES string of the molecule is CC(C)(C)OC(=O)Nc1cc(N2CCC(N3CCOCC3)CC2)ccc1N. The molecule has 3 N–H and O–H groups in total. The number of morpholine rings is 1. The third kappa shape index (κ3) is 5.49. The molecule has 2 aliphatic rings. The highest BCUT2D eigenvalue weighted by Gasteiger charge is 2.26. The van der Waals surface area contributed by atoms with Crippen LogP contribution in [-0.2, 0) is 9.47 Å². The third-order valence-electron chi connectivity index (χ3n) is 5.06. The van der Waals surface area contributed by atoms with Crippen molar-refractivity contribution in [2.24, 2.45) is 0 Å². The molecule has 0 bridgehead atoms. The number of nitrogen functional groups attached to an aromatic ring is 1. The van der Waals surface area contributed by atoms with Crippen molar-refractivity contribution in [1.29, 1.82) is 0 Å². The van der Waals surface area contributed by atoms with Crippen molar-refractivity contribution in [2.45, 2.75) is 45.3 Å². The predicted octanol–water partition coefficient (Wildman–Crippen LogP) is 2.92. The lowest BCUT2D eigenvalue weighted by Crippen LogP contribution is -2.49. The number of nitrogens with zero attached hydrogens (tertiary/aromatic N) is 2. The van der Waals surface area contributed by atoms with Crippen LogP contribution in [0.3, 0.4) is 0 Å². The van der Waals surface area contributed by atoms with Crippen molar-refractivity contribution < 1.29 is 14.3 Å². The summed E-state index contributed by atoms with van der Waals surface area (Å²) < 4.78 is 10.8. The normalized spacial score (nSPS) is 19.7. The second-order valence-corrected chi connectivity index (χ2v) is 8.27. The lowest BCUT2D eigenvalue weighted by molar-refractivity contribution is 0.0115. The molecule has 0 aliphatic carbocycles. The summed E-state index contributed by atoms with van der Waals surface area (Å²) in [6.45, 7) is 11.3. The Morgan fingerprint density at radius 2 is 1.85 bits per heavy atom. The van der Waals surface area contributed by atoms with Gasteiger partial charge in [-0.1, -0.05) is 0 Å². The summed E-state index contributed by atoms with van der Waals surface area (Å²) in [5, 5.41) is 2.77. The van der Waals surface area contributed by atoms with Crippen LogP contribution in [0.2, 0.25) is 0 Å². The van der Waals surface area contributed by atoms with E-state index in [9.17, 15) is 4.79 Å². The molecule has 150 valence electrons. The molecule has 1 aromatic carbocycles. The molecule has 7 nitrogen and oxygen atoms in total. The molecule has 2 saturated heterocycles. The van der Waals surface area contributed by atoms with Gasteiger partial charge in [-0.2, -0.15) is 0 Å². The van der Waals surface area contributed by atoms with Crippen molar-refractivity contribution in [1.82, 2.24) is 4.90 Å². The van der Waals surface area contributed by atoms with E-state index in [1.54, 1.807) is 0 Å². The van der Waals surface area contributed by atoms with E-state index in [-0.39, 0.29) is 0 Å². The van der Waals surface area contributed by atoms with Gasteiger partial charge in [0.1, 0.15) is 5.60 Å². The lowest BCUT2D eigenvalue weighted by atomic mass is 10.0. The molecule has 2 fully saturated rings. The highest BCUT2D eigenvalue weighted by Crippen LogP contribution is 2.29. The molecule has 3 rings (SSSR count). The smallest absolute Gasteiger partial charge is 0.412 e. The highest BCUT2D eigenvalue weighted by atomic mass is 16.6. The summed E-state index contributed by atoms with van der Waals surface area (Å²) in [7, 11) is 0. The Balaban J connectivity index is 1.60. The van der Waals surface area contributed by atoms with Crippen LogP contribution >= 0.6 is 0 Å². The first kappa shape index (κ1) is 19.8. The van der Waals surface area contributed by atoms with E-state index in [2.05, 4.69) is 15.1 Å². The third-order valence-corrected chi connectivity index (χ3v) is 5.06. The van der Waals surface area contributed by atoms with Crippen LogP contribution < -0.4 is 16.0 Å². The Labute approximate surface area is 161 Å². The number of carbonyl (C=O) groups excluding carboxylic acids is 1. The molecule has 0 atom stereocenters. The van der Waals surface area contributed by atoms with Gasteiger partial charge in [0.2, 0.25) is 0 Å². The van der Waals surface area contributed by atoms with Gasteiger partial charge in [-0.3, -0.25) is 10.2 Å². The maximum atomic E-state index is 12.1. The fourth-order valence-corrected chi connectivity index (χ4v) is 3.69. The van der Waals surface area contributed by atoms with E-state index in [0.717, 1.165) is 57.9 Å². The molecule has 0 saturated carbocycles. The van der Waals surface area contributed by atoms with Gasteiger partial charge in [0.25, 0.3) is 0 Å². The number of hydrogen-bond acceptors (Lipinski definition) is 6. The monoisotopic (exact) mass is 376 g/mol. The van der Waals surface area contributed by atoms with E-state index < -0.39 is 11.7 Å². The molecule has 2 aliphatic heterocycles. The number of ether oxygens (including phenoxy) is 2. The van der Waals surface area contributed by atoms with Gasteiger partial charge in [0.15, 0.2) is 0 Å². The second-order valence-electron chi connectivity index (χ2n) is 8.27. The number of nitrogens with one attached hydrogen (secondary N) is 1. The minimum Gasteiger partial charge on any atom is -0.444 e. The molecule has 1 aromatic rings. The zero-order chi connectivity index (χ0) is 19.4. The van der Waals surface area contributed by atoms with Crippen molar-refractivity contribution in [3.8, 4) is 0 Å². The molecule has 0 unspecified atom stereocenters. The number of piperidine rings is 1. The van der Waals surface area contributed by atoms with Crippen LogP contribution in [0.1, 0.15) is 33.6 Å². The van der Waals surface area contributed by atoms with Gasteiger partial charge >= 0.3 is 6.09 Å². The van der Waals surface area contributed by atoms with E-state index in [1.165, 1.54) is 0 Å². The standard InChI is InChI=1S/C20H32N4O3/c1-20(2,3)27-19(25)22-18-14-16(4-5-17(18)21)23-8-6-15(7-9-23)24-10-12-26-13-11-24/h4-5,14-15H,6-13,21H2,1-3H3,(H,22,25). The number of anilines is 3. The molecular formula is C20H32N4O3. The Hall–Kier alpha value is -1.99. The Morgan fingerprint density at radius 1 is 1.19 bits per heavy atom. The van der Waals surface area contributed by atoms with Crippen LogP contribution in [-0.4, -0.2) is 62.0 Å². The lowest BCUT2D eigenvalue weighted by Gasteiger charge is -2.41. The zero-order valence-corrected chi connectivity index (χ0v) is 16.7. The summed E-state index contributed by atoms with van der Waals surface area (Å²) in [5.74, 6) is 0. The Kier molecular flexibility index (Phi) is 6.11. The summed E-state index contributed by atoms with van der Waals surface area (Å²) >= 11 is 0. The number of carbonyl (C=O) groups is 1. The second kappa shape index (κ2) is 8.35. The maximum absolute atomic E-state index is 12.1. The summed E-state index contributed by atoms with van der Waals surface area (Å²) in [5.41, 5.74) is 7.71. The number of benzene rings is 1. The van der Waals surface area contributed by atoms with Crippen LogP contribution in [0.15, 0.2) is 18.2 Å². The molecular weight excluding hydrogens is 344 g/mol. The number of hydrogen-bond donors (Lipinski definition) is 2. The van der Waals surface area contributed by atoms with E-state index in [1.807, 2.05) is 39.0 Å². The van der Waals surface area contributed by atoms with Crippen LogP contribution in [0, 0.1) is 0 Å². The highest BCUT2D eigenvalue weighted by molar-refractivity contribution is 5.90. The Morgan fingerprint density at radius 3 is 2.48 bits per heavy atom. The van der Waals surface area contributed by atoms with Crippen molar-refractivity contribution in [2.75, 3.05) is 55.3 Å². The van der Waals surface area contributed by atoms with Gasteiger partial charge < -0.3 is 20.1 Å². The summed E-state index contributed by atoms with van der Waals surface area (Å²) in [4.78, 5) is 17.0. The molecule has 27 heavy (non-hydrogen) atoms. The van der Waals surface area contributed by atoms with Crippen molar-refractivity contribution in [3.63, 3.8) is 0 Å². The van der Waals surface area contributed by atoms with Gasteiger partial charge in [-0.15, -0.1) is 0 Å². The quantitative estimate of drug-likeness (QED) is 0.790. The predicted molar refractivity (Wildman–Crippen MR) is 108 cm³/mol. The van der Waals surface area contributed by atoms with Crippen LogP contribution in [0.25, 0.3) is 0 Å². The van der Waals surface area contributed by atoms with E-state index in [0.29, 0.717) is 17.4 Å². The fourth-order valence-electron chi connectivity index (χ4n) is 3.69. The molecule has 7 heteroatoms. The summed E-state index contributed by atoms with van der Waals surface area (Å²) in [6, 6.07) is 6.44. The first-order valence-electron chi connectivity index (χ1n) is 9.78. The first-order chi connectivity index (χ1) is 12.8. The van der Waals surface area contributed by atoms with Crippen molar-refractivity contribution in [3.05, 3.63) is 18.2 Å². The largest absolute Gasteiger partial charge is 0.444 e. The minimum absolute atomic E-state index is 0.489. The number of rotatable bonds is 3. The molecule has 0 spiro atoms. The van der Waals surface area contributed by atoms with Crippen LogP contribution in [0.4, 0.5) is 21.9 Å². The van der Waals surface area contributed by atoms with E-state index >= 15 is 0 Å². The minimum atomic E-state index is -0.544. The summed E-state index contributed by atoms with van der Waals surface area (Å²) in [6.07, 6.45) is 1.79. The molecule has 0 aromatic heterocycles. The average Bonchev–Trinajstić information content (AvgIpc) is 2.63. The fraction of sp³-hybridized carbons (Fsp3) is 0.650. The molecule has 1 amide bonds. The first-order valence-corrected chi connectivity index (χ1v) is 9.78. The zero-order valence-electron chi connectivity index (χ0n) is 16.7.